The molecule has 110 valence electrons. The molecular formula is C17H18ClNO2. The highest BCUT2D eigenvalue weighted by atomic mass is 35.5. The number of hydrogen-bond acceptors (Lipinski definition) is 3. The van der Waals surface area contributed by atoms with Gasteiger partial charge in [-0.3, -0.25) is 4.79 Å². The van der Waals surface area contributed by atoms with Crippen molar-refractivity contribution in [1.29, 1.82) is 0 Å². The number of esters is 1. The van der Waals surface area contributed by atoms with Gasteiger partial charge < -0.3 is 10.5 Å². The molecule has 0 fully saturated rings. The monoisotopic (exact) mass is 303 g/mol. The third kappa shape index (κ3) is 4.59. The van der Waals surface area contributed by atoms with Gasteiger partial charge in [-0.25, -0.2) is 0 Å². The number of hydrogen-bond donors (Lipinski definition) is 1. The first-order valence-corrected chi connectivity index (χ1v) is 7.10. The molecule has 1 atom stereocenters. The van der Waals surface area contributed by atoms with Crippen LogP contribution in [0.1, 0.15) is 18.1 Å². The number of carbonyl (C=O) groups is 1. The van der Waals surface area contributed by atoms with Gasteiger partial charge in [0.15, 0.2) is 0 Å². The second kappa shape index (κ2) is 6.74. The third-order valence-corrected chi connectivity index (χ3v) is 3.42. The Kier molecular flexibility index (Phi) is 4.99. The van der Waals surface area contributed by atoms with E-state index in [1.165, 1.54) is 0 Å². The number of ether oxygens (including phenoxy) is 1. The molecule has 0 aromatic heterocycles. The molecule has 0 amide bonds. The summed E-state index contributed by atoms with van der Waals surface area (Å²) in [7, 11) is 0. The zero-order chi connectivity index (χ0) is 15.3. The molecule has 3 nitrogen and oxygen atoms in total. The molecule has 0 bridgehead atoms. The van der Waals surface area contributed by atoms with Gasteiger partial charge >= 0.3 is 5.97 Å². The molecule has 21 heavy (non-hydrogen) atoms. The summed E-state index contributed by atoms with van der Waals surface area (Å²) < 4.78 is 5.30. The van der Waals surface area contributed by atoms with E-state index in [4.69, 9.17) is 22.1 Å². The maximum absolute atomic E-state index is 12.1. The van der Waals surface area contributed by atoms with Gasteiger partial charge in [0, 0.05) is 11.4 Å². The van der Waals surface area contributed by atoms with Gasteiger partial charge in [0.1, 0.15) is 12.1 Å². The van der Waals surface area contributed by atoms with Gasteiger partial charge in [-0.05, 0) is 30.2 Å². The minimum absolute atomic E-state index is 0.229. The van der Waals surface area contributed by atoms with E-state index in [1.54, 1.807) is 19.1 Å². The van der Waals surface area contributed by atoms with E-state index in [-0.39, 0.29) is 6.61 Å². The highest BCUT2D eigenvalue weighted by molar-refractivity contribution is 6.30. The Hall–Kier alpha value is -1.84. The summed E-state index contributed by atoms with van der Waals surface area (Å²) in [4.78, 5) is 12.1. The van der Waals surface area contributed by atoms with E-state index >= 15 is 0 Å². The topological polar surface area (TPSA) is 52.3 Å². The Bertz CT molecular complexity index is 594. The lowest BCUT2D eigenvalue weighted by Gasteiger charge is -2.22. The molecule has 0 saturated carbocycles. The standard InChI is InChI=1S/C17H18ClNO2/c1-17(19,11-13-7-9-15(18)10-8-13)16(20)21-12-14-5-3-2-4-6-14/h2-10H,11-12,19H2,1H3. The first kappa shape index (κ1) is 15.5. The summed E-state index contributed by atoms with van der Waals surface area (Å²) in [5.74, 6) is -0.415. The van der Waals surface area contributed by atoms with Crippen LogP contribution >= 0.6 is 11.6 Å². The Morgan fingerprint density at radius 1 is 1.10 bits per heavy atom. The quantitative estimate of drug-likeness (QED) is 0.862. The largest absolute Gasteiger partial charge is 0.459 e. The fraction of sp³-hybridized carbons (Fsp3) is 0.235. The van der Waals surface area contributed by atoms with Gasteiger partial charge in [0.2, 0.25) is 0 Å². The predicted molar refractivity (Wildman–Crippen MR) is 84.0 cm³/mol. The first-order chi connectivity index (χ1) is 9.97. The Morgan fingerprint density at radius 3 is 2.33 bits per heavy atom. The van der Waals surface area contributed by atoms with Crippen molar-refractivity contribution in [1.82, 2.24) is 0 Å². The smallest absolute Gasteiger partial charge is 0.326 e. The Morgan fingerprint density at radius 2 is 1.71 bits per heavy atom. The summed E-state index contributed by atoms with van der Waals surface area (Å²) in [6, 6.07) is 16.8. The van der Waals surface area contributed by atoms with Crippen LogP contribution in [-0.2, 0) is 22.6 Å². The number of halogens is 1. The molecular weight excluding hydrogens is 286 g/mol. The molecule has 0 spiro atoms. The fourth-order valence-corrected chi connectivity index (χ4v) is 2.11. The van der Waals surface area contributed by atoms with Crippen molar-refractivity contribution in [2.24, 2.45) is 5.73 Å². The van der Waals surface area contributed by atoms with Crippen LogP contribution in [0.3, 0.4) is 0 Å². The lowest BCUT2D eigenvalue weighted by Crippen LogP contribution is -2.48. The molecule has 2 aromatic rings. The first-order valence-electron chi connectivity index (χ1n) is 6.72. The van der Waals surface area contributed by atoms with E-state index in [1.807, 2.05) is 42.5 Å². The van der Waals surface area contributed by atoms with Crippen LogP contribution in [0.5, 0.6) is 0 Å². The van der Waals surface area contributed by atoms with E-state index < -0.39 is 11.5 Å². The third-order valence-electron chi connectivity index (χ3n) is 3.16. The van der Waals surface area contributed by atoms with Crippen molar-refractivity contribution >= 4 is 17.6 Å². The second-order valence-corrected chi connectivity index (χ2v) is 5.72. The molecule has 2 aromatic carbocycles. The van der Waals surface area contributed by atoms with Crippen molar-refractivity contribution in [3.63, 3.8) is 0 Å². The summed E-state index contributed by atoms with van der Waals surface area (Å²) in [6.07, 6.45) is 0.401. The number of carbonyl (C=O) groups excluding carboxylic acids is 1. The highest BCUT2D eigenvalue weighted by Crippen LogP contribution is 2.16. The molecule has 0 aliphatic rings. The number of benzene rings is 2. The maximum Gasteiger partial charge on any atom is 0.326 e. The fourth-order valence-electron chi connectivity index (χ4n) is 1.99. The molecule has 0 aliphatic carbocycles. The van der Waals surface area contributed by atoms with Crippen LogP contribution in [0.2, 0.25) is 5.02 Å². The van der Waals surface area contributed by atoms with Gasteiger partial charge in [-0.15, -0.1) is 0 Å². The minimum Gasteiger partial charge on any atom is -0.459 e. The van der Waals surface area contributed by atoms with Crippen molar-refractivity contribution < 1.29 is 9.53 Å². The average Bonchev–Trinajstić information content (AvgIpc) is 2.48. The lowest BCUT2D eigenvalue weighted by atomic mass is 9.94. The molecule has 2 N–H and O–H groups in total. The molecule has 2 rings (SSSR count). The summed E-state index contributed by atoms with van der Waals surface area (Å²) in [5.41, 5.74) is 6.90. The van der Waals surface area contributed by atoms with Crippen LogP contribution in [0.25, 0.3) is 0 Å². The molecule has 0 heterocycles. The predicted octanol–water partition coefficient (Wildman–Crippen LogP) is 3.34. The van der Waals surface area contributed by atoms with Crippen LogP contribution in [0, 0.1) is 0 Å². The average molecular weight is 304 g/mol. The maximum atomic E-state index is 12.1. The van der Waals surface area contributed by atoms with Gasteiger partial charge in [-0.1, -0.05) is 54.1 Å². The molecule has 0 aliphatic heterocycles. The van der Waals surface area contributed by atoms with Crippen molar-refractivity contribution in [3.05, 3.63) is 70.7 Å². The van der Waals surface area contributed by atoms with Gasteiger partial charge in [0.05, 0.1) is 0 Å². The van der Waals surface area contributed by atoms with E-state index in [2.05, 4.69) is 0 Å². The van der Waals surface area contributed by atoms with Gasteiger partial charge in [0.25, 0.3) is 0 Å². The summed E-state index contributed by atoms with van der Waals surface area (Å²) >= 11 is 5.84. The molecule has 0 radical (unpaired) electrons. The zero-order valence-corrected chi connectivity index (χ0v) is 12.6. The molecule has 4 heteroatoms. The number of nitrogens with two attached hydrogens (primary N) is 1. The lowest BCUT2D eigenvalue weighted by molar-refractivity contribution is -0.150. The summed E-state index contributed by atoms with van der Waals surface area (Å²) in [5, 5.41) is 0.657. The van der Waals surface area contributed by atoms with E-state index in [0.29, 0.717) is 11.4 Å². The van der Waals surface area contributed by atoms with E-state index in [0.717, 1.165) is 11.1 Å². The van der Waals surface area contributed by atoms with Crippen LogP contribution in [-0.4, -0.2) is 11.5 Å². The second-order valence-electron chi connectivity index (χ2n) is 5.28. The van der Waals surface area contributed by atoms with Crippen molar-refractivity contribution in [2.45, 2.75) is 25.5 Å². The van der Waals surface area contributed by atoms with Gasteiger partial charge in [-0.2, -0.15) is 0 Å². The number of rotatable bonds is 5. The highest BCUT2D eigenvalue weighted by Gasteiger charge is 2.30. The minimum atomic E-state index is -1.07. The summed E-state index contributed by atoms with van der Waals surface area (Å²) in [6.45, 7) is 1.90. The van der Waals surface area contributed by atoms with Crippen LogP contribution < -0.4 is 5.73 Å². The Labute approximate surface area is 129 Å². The van der Waals surface area contributed by atoms with Crippen molar-refractivity contribution in [2.75, 3.05) is 0 Å². The van der Waals surface area contributed by atoms with Crippen molar-refractivity contribution in [3.8, 4) is 0 Å². The van der Waals surface area contributed by atoms with Crippen LogP contribution in [0.4, 0.5) is 0 Å². The zero-order valence-electron chi connectivity index (χ0n) is 11.9. The molecule has 1 unspecified atom stereocenters. The normalized spacial score (nSPS) is 13.5. The van der Waals surface area contributed by atoms with Crippen LogP contribution in [0.15, 0.2) is 54.6 Å². The molecule has 0 saturated heterocycles. The van der Waals surface area contributed by atoms with E-state index in [9.17, 15) is 4.79 Å². The Balaban J connectivity index is 1.95. The SMILES string of the molecule is CC(N)(Cc1ccc(Cl)cc1)C(=O)OCc1ccccc1.